The van der Waals surface area contributed by atoms with Gasteiger partial charge in [-0.05, 0) is 0 Å². The van der Waals surface area contributed by atoms with Gasteiger partial charge in [0.05, 0.1) is 0 Å². The third-order valence-corrected chi connectivity index (χ3v) is 5.18. The van der Waals surface area contributed by atoms with E-state index in [4.69, 9.17) is 0 Å². The van der Waals surface area contributed by atoms with Crippen molar-refractivity contribution < 1.29 is 0 Å². The van der Waals surface area contributed by atoms with Gasteiger partial charge in [-0.2, -0.15) is 0 Å². The van der Waals surface area contributed by atoms with Gasteiger partial charge in [-0.1, -0.05) is 44.3 Å². The highest BCUT2D eigenvalue weighted by Gasteiger charge is 2.11. The molecular weight excluding hydrogens is 112 g/mol. The van der Waals surface area contributed by atoms with Crippen LogP contribution in [0.2, 0.25) is 18.1 Å². The van der Waals surface area contributed by atoms with Crippen molar-refractivity contribution in [1.29, 1.82) is 0 Å². The van der Waals surface area contributed by atoms with Crippen molar-refractivity contribution >= 4 is 8.80 Å². The van der Waals surface area contributed by atoms with Crippen molar-refractivity contribution in [3.8, 4) is 0 Å². The highest BCUT2D eigenvalue weighted by Crippen LogP contribution is 2.20. The van der Waals surface area contributed by atoms with E-state index in [1.807, 2.05) is 0 Å². The Hall–Kier alpha value is 0.217. The first-order chi connectivity index (χ1) is 3.93. The van der Waals surface area contributed by atoms with E-state index in [9.17, 15) is 0 Å². The van der Waals surface area contributed by atoms with Crippen LogP contribution in [-0.2, 0) is 0 Å². The summed E-state index contributed by atoms with van der Waals surface area (Å²) in [5.41, 5.74) is 0. The van der Waals surface area contributed by atoms with Crippen LogP contribution in [0.3, 0.4) is 0 Å². The van der Waals surface area contributed by atoms with E-state index in [2.05, 4.69) is 6.92 Å². The van der Waals surface area contributed by atoms with Crippen LogP contribution in [-0.4, -0.2) is 8.80 Å². The van der Waals surface area contributed by atoms with Crippen molar-refractivity contribution in [2.24, 2.45) is 0 Å². The van der Waals surface area contributed by atoms with E-state index in [1.54, 1.807) is 24.9 Å². The largest absolute Gasteiger partial charge is 0.0680 e. The highest BCUT2D eigenvalue weighted by atomic mass is 28.3. The zero-order chi connectivity index (χ0) is 5.82. The molecule has 1 aliphatic rings. The molecule has 8 heavy (non-hydrogen) atoms. The van der Waals surface area contributed by atoms with Crippen LogP contribution in [0.15, 0.2) is 0 Å². The van der Waals surface area contributed by atoms with E-state index in [0.717, 1.165) is 0 Å². The zero-order valence-corrected chi connectivity index (χ0v) is 6.74. The normalized spacial score (nSPS) is 23.6. The Bertz CT molecular complexity index is 55.4. The second kappa shape index (κ2) is 3.28. The fourth-order valence-electron chi connectivity index (χ4n) is 1.41. The Labute approximate surface area is 53.9 Å². The molecule has 0 aromatic carbocycles. The van der Waals surface area contributed by atoms with E-state index < -0.39 is 0 Å². The zero-order valence-electron chi connectivity index (χ0n) is 5.74. The van der Waals surface area contributed by atoms with E-state index >= 15 is 0 Å². The first-order valence-electron chi connectivity index (χ1n) is 3.77. The summed E-state index contributed by atoms with van der Waals surface area (Å²) >= 11 is 0. The molecule has 1 aliphatic heterocycles. The molecule has 1 heteroatoms. The lowest BCUT2D eigenvalue weighted by Gasteiger charge is -2.17. The second-order valence-corrected chi connectivity index (χ2v) is 5.87. The predicted molar refractivity (Wildman–Crippen MR) is 39.7 cm³/mol. The van der Waals surface area contributed by atoms with Gasteiger partial charge < -0.3 is 0 Å². The van der Waals surface area contributed by atoms with Crippen molar-refractivity contribution in [3.05, 3.63) is 0 Å². The molecule has 1 heterocycles. The topological polar surface area (TPSA) is 0 Å². The van der Waals surface area contributed by atoms with Crippen molar-refractivity contribution in [2.75, 3.05) is 0 Å². The summed E-state index contributed by atoms with van der Waals surface area (Å²) in [6.07, 6.45) is 4.61. The quantitative estimate of drug-likeness (QED) is 0.475. The third-order valence-electron chi connectivity index (χ3n) is 2.06. The standard InChI is InChI=1S/C7H15Si/c1-2-8-6-4-3-5-7-8/h2-7H2,1H3. The fourth-order valence-corrected chi connectivity index (χ4v) is 3.86. The lowest BCUT2D eigenvalue weighted by atomic mass is 10.3. The molecule has 0 N–H and O–H groups in total. The molecule has 0 saturated carbocycles. The summed E-state index contributed by atoms with van der Waals surface area (Å²) < 4.78 is 0. The molecule has 0 nitrogen and oxygen atoms in total. The average molecular weight is 127 g/mol. The maximum atomic E-state index is 2.36. The Morgan fingerprint density at radius 2 is 1.75 bits per heavy atom. The number of rotatable bonds is 1. The molecule has 0 aromatic heterocycles. The minimum absolute atomic E-state index is 0.213. The lowest BCUT2D eigenvalue weighted by Crippen LogP contribution is -2.13. The molecule has 47 valence electrons. The molecule has 1 rings (SSSR count). The molecular formula is C7H15Si. The van der Waals surface area contributed by atoms with Gasteiger partial charge >= 0.3 is 0 Å². The second-order valence-electron chi connectivity index (χ2n) is 2.66. The predicted octanol–water partition coefficient (Wildman–Crippen LogP) is 2.69. The first-order valence-corrected chi connectivity index (χ1v) is 5.89. The van der Waals surface area contributed by atoms with Crippen LogP contribution in [0.5, 0.6) is 0 Å². The summed E-state index contributed by atoms with van der Waals surface area (Å²) in [7, 11) is 0.213. The van der Waals surface area contributed by atoms with Crippen LogP contribution in [0.1, 0.15) is 26.2 Å². The van der Waals surface area contributed by atoms with Crippen LogP contribution < -0.4 is 0 Å². The molecule has 0 atom stereocenters. The number of hydrogen-bond donors (Lipinski definition) is 0. The maximum Gasteiger partial charge on any atom is 0.0476 e. The summed E-state index contributed by atoms with van der Waals surface area (Å²) in [6, 6.07) is 4.74. The third kappa shape index (κ3) is 1.62. The Morgan fingerprint density at radius 1 is 1.12 bits per heavy atom. The van der Waals surface area contributed by atoms with Crippen LogP contribution in [0.4, 0.5) is 0 Å². The van der Waals surface area contributed by atoms with Crippen molar-refractivity contribution in [2.45, 2.75) is 44.3 Å². The van der Waals surface area contributed by atoms with Crippen LogP contribution >= 0.6 is 0 Å². The number of hydrogen-bond acceptors (Lipinski definition) is 0. The smallest absolute Gasteiger partial charge is 0.0476 e. The Morgan fingerprint density at radius 3 is 2.12 bits per heavy atom. The summed E-state index contributed by atoms with van der Waals surface area (Å²) in [5, 5.41) is 0. The van der Waals surface area contributed by atoms with Gasteiger partial charge in [0, 0.05) is 8.80 Å². The lowest BCUT2D eigenvalue weighted by molar-refractivity contribution is 0.721. The summed E-state index contributed by atoms with van der Waals surface area (Å²) in [6.45, 7) is 2.36. The highest BCUT2D eigenvalue weighted by molar-refractivity contribution is 6.58. The minimum Gasteiger partial charge on any atom is -0.0680 e. The molecule has 0 aliphatic carbocycles. The average Bonchev–Trinajstić information content (AvgIpc) is 1.90. The SMILES string of the molecule is CC[Si]1CCCCC1. The van der Waals surface area contributed by atoms with Gasteiger partial charge in [0.1, 0.15) is 0 Å². The maximum absolute atomic E-state index is 2.36. The molecule has 0 unspecified atom stereocenters. The molecule has 1 fully saturated rings. The monoisotopic (exact) mass is 127 g/mol. The first kappa shape index (κ1) is 6.34. The van der Waals surface area contributed by atoms with Gasteiger partial charge in [-0.25, -0.2) is 0 Å². The van der Waals surface area contributed by atoms with Crippen molar-refractivity contribution in [3.63, 3.8) is 0 Å². The van der Waals surface area contributed by atoms with Gasteiger partial charge in [-0.15, -0.1) is 0 Å². The van der Waals surface area contributed by atoms with Gasteiger partial charge in [0.25, 0.3) is 0 Å². The molecule has 1 radical (unpaired) electrons. The molecule has 0 aromatic rings. The fraction of sp³-hybridized carbons (Fsp3) is 1.00. The van der Waals surface area contributed by atoms with Crippen LogP contribution in [0, 0.1) is 0 Å². The van der Waals surface area contributed by atoms with Crippen LogP contribution in [0.25, 0.3) is 0 Å². The van der Waals surface area contributed by atoms with Gasteiger partial charge in [0.15, 0.2) is 0 Å². The van der Waals surface area contributed by atoms with Gasteiger partial charge in [0.2, 0.25) is 0 Å². The minimum atomic E-state index is 0.213. The summed E-state index contributed by atoms with van der Waals surface area (Å²) in [4.78, 5) is 0. The molecule has 0 amide bonds. The Balaban J connectivity index is 2.13. The Kier molecular flexibility index (Phi) is 2.60. The molecule has 0 spiro atoms. The summed E-state index contributed by atoms with van der Waals surface area (Å²) in [5.74, 6) is 0. The molecule has 1 saturated heterocycles. The van der Waals surface area contributed by atoms with E-state index in [-0.39, 0.29) is 8.80 Å². The molecule has 0 bridgehead atoms. The van der Waals surface area contributed by atoms with Crippen molar-refractivity contribution in [1.82, 2.24) is 0 Å². The van der Waals surface area contributed by atoms with E-state index in [1.165, 1.54) is 12.5 Å². The van der Waals surface area contributed by atoms with Gasteiger partial charge in [-0.3, -0.25) is 0 Å². The van der Waals surface area contributed by atoms with E-state index in [0.29, 0.717) is 0 Å².